The van der Waals surface area contributed by atoms with Crippen LogP contribution in [0.5, 0.6) is 5.75 Å². The number of hydrogen-bond donors (Lipinski definition) is 0. The average molecular weight is 459 g/mol. The molecule has 33 heavy (non-hydrogen) atoms. The zero-order chi connectivity index (χ0) is 23.0. The number of carbonyl (C=O) groups is 1. The molecule has 0 aliphatic carbocycles. The van der Waals surface area contributed by atoms with E-state index in [1.807, 2.05) is 101 Å². The first-order valence-corrected chi connectivity index (χ1v) is 11.7. The highest BCUT2D eigenvalue weighted by Crippen LogP contribution is 2.24. The minimum Gasteiger partial charge on any atom is -0.497 e. The molecule has 1 amide bonds. The van der Waals surface area contributed by atoms with E-state index in [2.05, 4.69) is 10.2 Å². The van der Waals surface area contributed by atoms with Gasteiger partial charge in [-0.15, -0.1) is 10.2 Å². The fourth-order valence-electron chi connectivity index (χ4n) is 3.52. The van der Waals surface area contributed by atoms with E-state index >= 15 is 0 Å². The van der Waals surface area contributed by atoms with Gasteiger partial charge in [-0.05, 0) is 42.3 Å². The van der Waals surface area contributed by atoms with Gasteiger partial charge in [-0.1, -0.05) is 72.4 Å². The van der Waals surface area contributed by atoms with E-state index in [0.29, 0.717) is 18.2 Å². The molecule has 0 fully saturated rings. The molecule has 0 saturated heterocycles. The van der Waals surface area contributed by atoms with E-state index in [1.165, 1.54) is 11.8 Å². The third-order valence-electron chi connectivity index (χ3n) is 5.24. The summed E-state index contributed by atoms with van der Waals surface area (Å²) in [6, 6.07) is 27.8. The Morgan fingerprint density at radius 1 is 0.879 bits per heavy atom. The topological polar surface area (TPSA) is 60.2 Å². The summed E-state index contributed by atoms with van der Waals surface area (Å²) >= 11 is 1.40. The summed E-state index contributed by atoms with van der Waals surface area (Å²) in [5.41, 5.74) is 3.13. The van der Waals surface area contributed by atoms with Gasteiger partial charge in [-0.2, -0.15) is 0 Å². The lowest BCUT2D eigenvalue weighted by molar-refractivity contribution is -0.129. The molecule has 168 valence electrons. The van der Waals surface area contributed by atoms with Crippen molar-refractivity contribution < 1.29 is 9.53 Å². The highest BCUT2D eigenvalue weighted by Gasteiger charge is 2.18. The third kappa shape index (κ3) is 5.81. The number of nitrogens with zero attached hydrogens (tertiary/aromatic N) is 4. The van der Waals surface area contributed by atoms with E-state index in [9.17, 15) is 4.79 Å². The number of carbonyl (C=O) groups excluding carboxylic acids is 1. The summed E-state index contributed by atoms with van der Waals surface area (Å²) in [6.45, 7) is 3.01. The van der Waals surface area contributed by atoms with Crippen molar-refractivity contribution >= 4 is 17.7 Å². The Balaban J connectivity index is 1.50. The smallest absolute Gasteiger partial charge is 0.233 e. The van der Waals surface area contributed by atoms with E-state index in [1.54, 1.807) is 7.11 Å². The van der Waals surface area contributed by atoms with E-state index < -0.39 is 0 Å². The van der Waals surface area contributed by atoms with Gasteiger partial charge in [0, 0.05) is 18.8 Å². The lowest BCUT2D eigenvalue weighted by atomic mass is 10.1. The van der Waals surface area contributed by atoms with Crippen LogP contribution < -0.4 is 4.74 Å². The molecule has 4 rings (SSSR count). The summed E-state index contributed by atoms with van der Waals surface area (Å²) in [4.78, 5) is 15.2. The Labute approximate surface area is 198 Å². The van der Waals surface area contributed by atoms with Gasteiger partial charge in [0.25, 0.3) is 0 Å². The van der Waals surface area contributed by atoms with Crippen LogP contribution in [0.1, 0.15) is 17.0 Å². The number of rotatable bonds is 9. The lowest BCUT2D eigenvalue weighted by Crippen LogP contribution is -2.31. The van der Waals surface area contributed by atoms with Crippen molar-refractivity contribution in [2.45, 2.75) is 25.2 Å². The van der Waals surface area contributed by atoms with Crippen LogP contribution in [0.3, 0.4) is 0 Å². The predicted octanol–water partition coefficient (Wildman–Crippen LogP) is 4.91. The predicted molar refractivity (Wildman–Crippen MR) is 131 cm³/mol. The van der Waals surface area contributed by atoms with E-state index in [-0.39, 0.29) is 11.7 Å². The Bertz CT molecular complexity index is 1140. The van der Waals surface area contributed by atoms with Crippen LogP contribution >= 0.6 is 11.8 Å². The molecule has 0 aliphatic rings. The number of thioether (sulfide) groups is 1. The maximum atomic E-state index is 13.3. The van der Waals surface area contributed by atoms with Crippen molar-refractivity contribution in [3.05, 3.63) is 102 Å². The Morgan fingerprint density at radius 2 is 1.45 bits per heavy atom. The quantitative estimate of drug-likeness (QED) is 0.334. The van der Waals surface area contributed by atoms with Gasteiger partial charge in [0.2, 0.25) is 5.91 Å². The van der Waals surface area contributed by atoms with E-state index in [0.717, 1.165) is 28.4 Å². The summed E-state index contributed by atoms with van der Waals surface area (Å²) in [7, 11) is 1.64. The Morgan fingerprint density at radius 3 is 2.00 bits per heavy atom. The molecule has 1 aromatic heterocycles. The molecule has 0 unspecified atom stereocenters. The Hall–Kier alpha value is -3.58. The molecule has 1 heterocycles. The van der Waals surface area contributed by atoms with Crippen molar-refractivity contribution in [3.63, 3.8) is 0 Å². The van der Waals surface area contributed by atoms with Gasteiger partial charge >= 0.3 is 0 Å². The van der Waals surface area contributed by atoms with Crippen molar-refractivity contribution in [3.8, 4) is 11.4 Å². The molecule has 0 N–H and O–H groups in total. The van der Waals surface area contributed by atoms with Gasteiger partial charge in [-0.25, -0.2) is 0 Å². The van der Waals surface area contributed by atoms with Gasteiger partial charge in [-0.3, -0.25) is 9.36 Å². The number of hydrogen-bond acceptors (Lipinski definition) is 5. The van der Waals surface area contributed by atoms with Crippen molar-refractivity contribution in [1.82, 2.24) is 19.7 Å². The summed E-state index contributed by atoms with van der Waals surface area (Å²) in [5, 5.41) is 9.22. The van der Waals surface area contributed by atoms with Crippen molar-refractivity contribution in [2.75, 3.05) is 12.9 Å². The molecule has 3 aromatic carbocycles. The second-order valence-electron chi connectivity index (χ2n) is 7.57. The van der Waals surface area contributed by atoms with Crippen molar-refractivity contribution in [1.29, 1.82) is 0 Å². The molecule has 0 spiro atoms. The zero-order valence-corrected chi connectivity index (χ0v) is 19.5. The molecule has 4 aromatic rings. The van der Waals surface area contributed by atoms with Crippen LogP contribution in [-0.2, 0) is 17.9 Å². The maximum Gasteiger partial charge on any atom is 0.233 e. The van der Waals surface area contributed by atoms with Crippen molar-refractivity contribution in [2.24, 2.45) is 0 Å². The fourth-order valence-corrected chi connectivity index (χ4v) is 4.42. The number of amides is 1. The first kappa shape index (κ1) is 22.6. The van der Waals surface area contributed by atoms with Gasteiger partial charge in [0.15, 0.2) is 5.16 Å². The summed E-state index contributed by atoms with van der Waals surface area (Å²) in [5.74, 6) is 1.87. The second kappa shape index (κ2) is 10.8. The van der Waals surface area contributed by atoms with E-state index in [4.69, 9.17) is 4.74 Å². The highest BCUT2D eigenvalue weighted by atomic mass is 32.2. The van der Waals surface area contributed by atoms with Crippen LogP contribution in [0.4, 0.5) is 0 Å². The fraction of sp³-hybridized carbons (Fsp3) is 0.192. The second-order valence-corrected chi connectivity index (χ2v) is 8.52. The molecule has 0 aliphatic heterocycles. The highest BCUT2D eigenvalue weighted by molar-refractivity contribution is 7.99. The zero-order valence-electron chi connectivity index (χ0n) is 18.7. The van der Waals surface area contributed by atoms with Gasteiger partial charge in [0.05, 0.1) is 12.9 Å². The van der Waals surface area contributed by atoms with Gasteiger partial charge < -0.3 is 9.64 Å². The number of benzene rings is 3. The summed E-state index contributed by atoms with van der Waals surface area (Å²) < 4.78 is 7.21. The van der Waals surface area contributed by atoms with Gasteiger partial charge in [0.1, 0.15) is 11.6 Å². The average Bonchev–Trinajstić information content (AvgIpc) is 3.23. The van der Waals surface area contributed by atoms with Crippen LogP contribution in [-0.4, -0.2) is 38.4 Å². The number of ether oxygens (including phenoxy) is 1. The monoisotopic (exact) mass is 458 g/mol. The largest absolute Gasteiger partial charge is 0.497 e. The third-order valence-corrected chi connectivity index (χ3v) is 6.15. The number of aryl methyl sites for hydroxylation is 1. The van der Waals surface area contributed by atoms with Crippen LogP contribution in [0.25, 0.3) is 5.69 Å². The molecule has 0 saturated carbocycles. The molecule has 0 bridgehead atoms. The Kier molecular flexibility index (Phi) is 7.42. The molecule has 6 nitrogen and oxygen atoms in total. The minimum atomic E-state index is 0.0506. The van der Waals surface area contributed by atoms with Crippen LogP contribution in [0, 0.1) is 6.92 Å². The molecule has 0 radical (unpaired) electrons. The molecular weight excluding hydrogens is 432 g/mol. The van der Waals surface area contributed by atoms with Crippen LogP contribution in [0.2, 0.25) is 0 Å². The number of methoxy groups -OCH3 is 1. The standard InChI is InChI=1S/C26H26N4O2S/c1-20-27-28-26(30(20)23-13-15-24(32-2)16-14-23)33-19-25(31)29(17-21-9-5-3-6-10-21)18-22-11-7-4-8-12-22/h3-16H,17-19H2,1-2H3. The maximum absolute atomic E-state index is 13.3. The summed E-state index contributed by atoms with van der Waals surface area (Å²) in [6.07, 6.45) is 0. The normalized spacial score (nSPS) is 10.7. The first-order valence-electron chi connectivity index (χ1n) is 10.7. The van der Waals surface area contributed by atoms with Crippen LogP contribution in [0.15, 0.2) is 90.1 Å². The first-order chi connectivity index (χ1) is 16.1. The minimum absolute atomic E-state index is 0.0506. The molecule has 0 atom stereocenters. The molecular formula is C26H26N4O2S. The number of aromatic nitrogens is 3. The SMILES string of the molecule is COc1ccc(-n2c(C)nnc2SCC(=O)N(Cc2ccccc2)Cc2ccccc2)cc1. The molecule has 7 heteroatoms. The lowest BCUT2D eigenvalue weighted by Gasteiger charge is -2.23.